The van der Waals surface area contributed by atoms with Crippen LogP contribution in [0, 0.1) is 5.92 Å². The Kier molecular flexibility index (Phi) is 4.00. The van der Waals surface area contributed by atoms with Gasteiger partial charge in [-0.2, -0.15) is 0 Å². The fourth-order valence-electron chi connectivity index (χ4n) is 3.49. The van der Waals surface area contributed by atoms with Gasteiger partial charge in [0, 0.05) is 13.1 Å². The number of benzene rings is 1. The van der Waals surface area contributed by atoms with Crippen molar-refractivity contribution in [2.24, 2.45) is 11.7 Å². The molecule has 0 amide bonds. The summed E-state index contributed by atoms with van der Waals surface area (Å²) in [6.45, 7) is 2.60. The minimum atomic E-state index is -0.819. The Hall–Kier alpha value is -1.39. The molecule has 0 bridgehead atoms. The van der Waals surface area contributed by atoms with Crippen LogP contribution >= 0.6 is 0 Å². The maximum Gasteiger partial charge on any atom is 0.327 e. The summed E-state index contributed by atoms with van der Waals surface area (Å²) in [5.74, 6) is 0.584. The Balaban J connectivity index is 1.65. The van der Waals surface area contributed by atoms with Gasteiger partial charge in [0.2, 0.25) is 0 Å². The Morgan fingerprint density at radius 1 is 1.33 bits per heavy atom. The molecule has 1 aromatic rings. The number of nitrogens with two attached hydrogens (primary N) is 1. The number of carbonyl (C=O) groups excluding carboxylic acids is 1. The second kappa shape index (κ2) is 5.78. The molecule has 1 aliphatic carbocycles. The summed E-state index contributed by atoms with van der Waals surface area (Å²) in [7, 11) is 1.43. The first kappa shape index (κ1) is 14.5. The van der Waals surface area contributed by atoms with Crippen LogP contribution in [0.3, 0.4) is 0 Å². The number of ether oxygens (including phenoxy) is 1. The van der Waals surface area contributed by atoms with Crippen LogP contribution in [0.5, 0.6) is 0 Å². The molecule has 1 saturated heterocycles. The maximum atomic E-state index is 12.1. The standard InChI is InChI=1S/C17H24N2O2/c1-21-16(20)17(18,15-7-8-15)12-19-10-9-14(11-19)13-5-3-2-4-6-13/h2-6,14-15H,7-12,18H2,1H3. The van der Waals surface area contributed by atoms with Crippen LogP contribution < -0.4 is 5.73 Å². The Labute approximate surface area is 126 Å². The van der Waals surface area contributed by atoms with Crippen molar-refractivity contribution in [1.29, 1.82) is 0 Å². The van der Waals surface area contributed by atoms with Crippen molar-refractivity contribution < 1.29 is 9.53 Å². The maximum absolute atomic E-state index is 12.1. The van der Waals surface area contributed by atoms with Crippen molar-refractivity contribution in [3.05, 3.63) is 35.9 Å². The normalized spacial score (nSPS) is 25.5. The number of esters is 1. The highest BCUT2D eigenvalue weighted by Gasteiger charge is 2.50. The van der Waals surface area contributed by atoms with Crippen molar-refractivity contribution >= 4 is 5.97 Å². The lowest BCUT2D eigenvalue weighted by Crippen LogP contribution is -2.58. The zero-order chi connectivity index (χ0) is 14.9. The first-order valence-corrected chi connectivity index (χ1v) is 7.78. The molecular formula is C17H24N2O2. The van der Waals surface area contributed by atoms with Crippen molar-refractivity contribution in [3.63, 3.8) is 0 Å². The van der Waals surface area contributed by atoms with Crippen LogP contribution in [0.4, 0.5) is 0 Å². The highest BCUT2D eigenvalue weighted by atomic mass is 16.5. The molecule has 4 heteroatoms. The minimum absolute atomic E-state index is 0.256. The molecule has 2 atom stereocenters. The summed E-state index contributed by atoms with van der Waals surface area (Å²) in [6, 6.07) is 10.6. The SMILES string of the molecule is COC(=O)C(N)(CN1CCC(c2ccccc2)C1)C1CC1. The number of hydrogen-bond acceptors (Lipinski definition) is 4. The molecule has 2 aliphatic rings. The van der Waals surface area contributed by atoms with Gasteiger partial charge in [0.25, 0.3) is 0 Å². The van der Waals surface area contributed by atoms with Gasteiger partial charge in [-0.1, -0.05) is 30.3 Å². The van der Waals surface area contributed by atoms with Gasteiger partial charge in [-0.05, 0) is 43.2 Å². The monoisotopic (exact) mass is 288 g/mol. The van der Waals surface area contributed by atoms with Gasteiger partial charge >= 0.3 is 5.97 Å². The molecule has 1 aliphatic heterocycles. The van der Waals surface area contributed by atoms with E-state index in [1.807, 2.05) is 6.07 Å². The van der Waals surface area contributed by atoms with E-state index < -0.39 is 5.54 Å². The summed E-state index contributed by atoms with van der Waals surface area (Å²) in [5, 5.41) is 0. The number of hydrogen-bond donors (Lipinski definition) is 1. The molecule has 21 heavy (non-hydrogen) atoms. The van der Waals surface area contributed by atoms with Gasteiger partial charge in [0.1, 0.15) is 5.54 Å². The van der Waals surface area contributed by atoms with E-state index >= 15 is 0 Å². The van der Waals surface area contributed by atoms with E-state index in [0.717, 1.165) is 32.4 Å². The zero-order valence-corrected chi connectivity index (χ0v) is 12.6. The van der Waals surface area contributed by atoms with Crippen LogP contribution in [0.15, 0.2) is 30.3 Å². The Morgan fingerprint density at radius 3 is 2.67 bits per heavy atom. The molecule has 1 heterocycles. The van der Waals surface area contributed by atoms with Gasteiger partial charge in [0.15, 0.2) is 0 Å². The molecular weight excluding hydrogens is 264 g/mol. The number of nitrogens with zero attached hydrogens (tertiary/aromatic N) is 1. The molecule has 114 valence electrons. The van der Waals surface area contributed by atoms with E-state index in [0.29, 0.717) is 18.4 Å². The lowest BCUT2D eigenvalue weighted by Gasteiger charge is -2.31. The van der Waals surface area contributed by atoms with Gasteiger partial charge in [-0.25, -0.2) is 0 Å². The predicted molar refractivity (Wildman–Crippen MR) is 81.9 cm³/mol. The van der Waals surface area contributed by atoms with Crippen LogP contribution in [-0.2, 0) is 9.53 Å². The molecule has 0 spiro atoms. The molecule has 2 N–H and O–H groups in total. The minimum Gasteiger partial charge on any atom is -0.468 e. The third-order valence-electron chi connectivity index (χ3n) is 4.90. The van der Waals surface area contributed by atoms with Crippen molar-refractivity contribution in [2.45, 2.75) is 30.7 Å². The smallest absolute Gasteiger partial charge is 0.327 e. The van der Waals surface area contributed by atoms with Crippen LogP contribution in [0.2, 0.25) is 0 Å². The third kappa shape index (κ3) is 2.97. The predicted octanol–water partition coefficient (Wildman–Crippen LogP) is 1.76. The summed E-state index contributed by atoms with van der Waals surface area (Å²) < 4.78 is 4.95. The molecule has 0 radical (unpaired) electrons. The Morgan fingerprint density at radius 2 is 2.05 bits per heavy atom. The quantitative estimate of drug-likeness (QED) is 0.839. The Bertz CT molecular complexity index is 501. The fourth-order valence-corrected chi connectivity index (χ4v) is 3.49. The van der Waals surface area contributed by atoms with Crippen LogP contribution in [-0.4, -0.2) is 43.2 Å². The molecule has 1 aromatic carbocycles. The van der Waals surface area contributed by atoms with Crippen molar-refractivity contribution in [2.75, 3.05) is 26.7 Å². The first-order chi connectivity index (χ1) is 10.1. The highest BCUT2D eigenvalue weighted by Crippen LogP contribution is 2.40. The molecule has 2 unspecified atom stereocenters. The lowest BCUT2D eigenvalue weighted by atomic mass is 9.93. The number of rotatable bonds is 5. The van der Waals surface area contributed by atoms with Crippen molar-refractivity contribution in [1.82, 2.24) is 4.90 Å². The van der Waals surface area contributed by atoms with E-state index in [2.05, 4.69) is 29.2 Å². The summed E-state index contributed by atoms with van der Waals surface area (Å²) in [4.78, 5) is 14.4. The average molecular weight is 288 g/mol. The van der Waals surface area contributed by atoms with E-state index in [4.69, 9.17) is 10.5 Å². The largest absolute Gasteiger partial charge is 0.468 e. The number of carbonyl (C=O) groups is 1. The molecule has 3 rings (SSSR count). The van der Waals surface area contributed by atoms with Crippen molar-refractivity contribution in [3.8, 4) is 0 Å². The van der Waals surface area contributed by atoms with Gasteiger partial charge in [-0.15, -0.1) is 0 Å². The second-order valence-electron chi connectivity index (χ2n) is 6.44. The molecule has 4 nitrogen and oxygen atoms in total. The van der Waals surface area contributed by atoms with Gasteiger partial charge < -0.3 is 15.4 Å². The molecule has 0 aromatic heterocycles. The average Bonchev–Trinajstić information content (AvgIpc) is 3.28. The van der Waals surface area contributed by atoms with E-state index in [-0.39, 0.29) is 5.97 Å². The zero-order valence-electron chi connectivity index (χ0n) is 12.6. The second-order valence-corrected chi connectivity index (χ2v) is 6.44. The number of likely N-dealkylation sites (tertiary alicyclic amines) is 1. The van der Waals surface area contributed by atoms with Gasteiger partial charge in [0.05, 0.1) is 7.11 Å². The highest BCUT2D eigenvalue weighted by molar-refractivity contribution is 5.81. The number of methoxy groups -OCH3 is 1. The van der Waals surface area contributed by atoms with E-state index in [1.54, 1.807) is 0 Å². The van der Waals surface area contributed by atoms with Crippen LogP contribution in [0.1, 0.15) is 30.7 Å². The summed E-state index contributed by atoms with van der Waals surface area (Å²) >= 11 is 0. The van der Waals surface area contributed by atoms with Gasteiger partial charge in [-0.3, -0.25) is 4.79 Å². The first-order valence-electron chi connectivity index (χ1n) is 7.78. The molecule has 2 fully saturated rings. The van der Waals surface area contributed by atoms with E-state index in [1.165, 1.54) is 12.7 Å². The molecule has 1 saturated carbocycles. The topological polar surface area (TPSA) is 55.6 Å². The van der Waals surface area contributed by atoms with E-state index in [9.17, 15) is 4.79 Å². The van der Waals surface area contributed by atoms with Crippen LogP contribution in [0.25, 0.3) is 0 Å². The third-order valence-corrected chi connectivity index (χ3v) is 4.90. The summed E-state index contributed by atoms with van der Waals surface area (Å²) in [6.07, 6.45) is 3.22. The fraction of sp³-hybridized carbons (Fsp3) is 0.588. The lowest BCUT2D eigenvalue weighted by molar-refractivity contribution is -0.148. The summed E-state index contributed by atoms with van der Waals surface area (Å²) in [5.41, 5.74) is 6.97.